The van der Waals surface area contributed by atoms with Gasteiger partial charge in [-0.05, 0) is 19.3 Å². The summed E-state index contributed by atoms with van der Waals surface area (Å²) < 4.78 is 25.2. The molecule has 0 bridgehead atoms. The van der Waals surface area contributed by atoms with E-state index in [1.807, 2.05) is 6.20 Å². The first kappa shape index (κ1) is 13.0. The van der Waals surface area contributed by atoms with Crippen molar-refractivity contribution in [1.82, 2.24) is 9.55 Å². The van der Waals surface area contributed by atoms with Crippen LogP contribution in [0.25, 0.3) is 0 Å². The normalized spacial score (nSPS) is 27.5. The third-order valence-corrected chi connectivity index (χ3v) is 5.97. The van der Waals surface area contributed by atoms with E-state index in [1.165, 1.54) is 32.1 Å². The summed E-state index contributed by atoms with van der Waals surface area (Å²) in [6, 6.07) is 0.548. The van der Waals surface area contributed by atoms with Gasteiger partial charge in [0.15, 0.2) is 9.84 Å². The van der Waals surface area contributed by atoms with E-state index in [0.29, 0.717) is 18.2 Å². The Balaban J connectivity index is 1.70. The maximum atomic E-state index is 11.5. The molecule has 106 valence electrons. The molecule has 0 aromatic carbocycles. The first-order valence-electron chi connectivity index (χ1n) is 7.14. The fourth-order valence-electron chi connectivity index (χ4n) is 3.17. The van der Waals surface area contributed by atoms with Crippen LogP contribution in [-0.2, 0) is 9.84 Å². The van der Waals surface area contributed by atoms with Gasteiger partial charge in [-0.2, -0.15) is 0 Å². The lowest BCUT2D eigenvalue weighted by atomic mass is 9.95. The lowest BCUT2D eigenvalue weighted by molar-refractivity contribution is 0.355. The number of nitrogens with zero attached hydrogens (tertiary/aromatic N) is 2. The van der Waals surface area contributed by atoms with Crippen molar-refractivity contribution in [2.45, 2.75) is 50.6 Å². The molecule has 2 fully saturated rings. The molecule has 3 rings (SSSR count). The Kier molecular flexibility index (Phi) is 3.52. The molecular formula is C13H21N3O2S. The SMILES string of the molecule is O=S1(=O)CCC(Nc2nccn2C2CCCCC2)C1. The van der Waals surface area contributed by atoms with Crippen molar-refractivity contribution in [2.75, 3.05) is 16.8 Å². The molecule has 1 N–H and O–H groups in total. The average Bonchev–Trinajstić information content (AvgIpc) is 2.98. The van der Waals surface area contributed by atoms with Gasteiger partial charge < -0.3 is 9.88 Å². The average molecular weight is 283 g/mol. The van der Waals surface area contributed by atoms with Crippen molar-refractivity contribution in [3.63, 3.8) is 0 Å². The largest absolute Gasteiger partial charge is 0.352 e. The van der Waals surface area contributed by atoms with E-state index < -0.39 is 9.84 Å². The number of aromatic nitrogens is 2. The lowest BCUT2D eigenvalue weighted by Gasteiger charge is -2.25. The Morgan fingerprint density at radius 2 is 2.00 bits per heavy atom. The van der Waals surface area contributed by atoms with Gasteiger partial charge in [0, 0.05) is 24.5 Å². The smallest absolute Gasteiger partial charge is 0.203 e. The predicted molar refractivity (Wildman–Crippen MR) is 75.0 cm³/mol. The molecule has 0 amide bonds. The van der Waals surface area contributed by atoms with E-state index in [9.17, 15) is 8.42 Å². The molecule has 1 aliphatic heterocycles. The van der Waals surface area contributed by atoms with Gasteiger partial charge in [0.1, 0.15) is 0 Å². The zero-order chi connectivity index (χ0) is 13.3. The quantitative estimate of drug-likeness (QED) is 0.921. The fraction of sp³-hybridized carbons (Fsp3) is 0.769. The van der Waals surface area contributed by atoms with E-state index in [4.69, 9.17) is 0 Å². The topological polar surface area (TPSA) is 64.0 Å². The number of rotatable bonds is 3. The Bertz CT molecular complexity index is 532. The fourth-order valence-corrected chi connectivity index (χ4v) is 4.84. The number of imidazole rings is 1. The Morgan fingerprint density at radius 1 is 1.21 bits per heavy atom. The van der Waals surface area contributed by atoms with Crippen molar-refractivity contribution in [3.8, 4) is 0 Å². The van der Waals surface area contributed by atoms with Gasteiger partial charge in [-0.1, -0.05) is 19.3 Å². The number of hydrogen-bond acceptors (Lipinski definition) is 4. The van der Waals surface area contributed by atoms with Crippen LogP contribution in [0, 0.1) is 0 Å². The predicted octanol–water partition coefficient (Wildman–Crippen LogP) is 1.99. The van der Waals surface area contributed by atoms with Gasteiger partial charge in [-0.25, -0.2) is 13.4 Å². The van der Waals surface area contributed by atoms with Gasteiger partial charge in [-0.3, -0.25) is 0 Å². The highest BCUT2D eigenvalue weighted by Gasteiger charge is 2.29. The molecule has 1 aliphatic carbocycles. The third kappa shape index (κ3) is 2.94. The van der Waals surface area contributed by atoms with Crippen LogP contribution >= 0.6 is 0 Å². The molecule has 5 nitrogen and oxygen atoms in total. The molecule has 1 saturated heterocycles. The summed E-state index contributed by atoms with van der Waals surface area (Å²) in [5.74, 6) is 1.38. The number of anilines is 1. The Labute approximate surface area is 114 Å². The summed E-state index contributed by atoms with van der Waals surface area (Å²) in [6.07, 6.45) is 10.8. The summed E-state index contributed by atoms with van der Waals surface area (Å²) in [5, 5.41) is 3.32. The molecule has 1 saturated carbocycles. The zero-order valence-corrected chi connectivity index (χ0v) is 11.9. The van der Waals surface area contributed by atoms with Crippen molar-refractivity contribution in [1.29, 1.82) is 0 Å². The molecule has 1 aromatic heterocycles. The van der Waals surface area contributed by atoms with Gasteiger partial charge >= 0.3 is 0 Å². The molecule has 1 atom stereocenters. The Hall–Kier alpha value is -1.04. The van der Waals surface area contributed by atoms with Crippen LogP contribution in [0.1, 0.15) is 44.6 Å². The highest BCUT2D eigenvalue weighted by atomic mass is 32.2. The first-order valence-corrected chi connectivity index (χ1v) is 8.96. The van der Waals surface area contributed by atoms with Crippen molar-refractivity contribution in [2.24, 2.45) is 0 Å². The van der Waals surface area contributed by atoms with Crippen LogP contribution in [-0.4, -0.2) is 35.5 Å². The van der Waals surface area contributed by atoms with E-state index in [2.05, 4.69) is 14.9 Å². The van der Waals surface area contributed by atoms with E-state index in [-0.39, 0.29) is 11.8 Å². The van der Waals surface area contributed by atoms with Crippen LogP contribution < -0.4 is 5.32 Å². The molecule has 2 aliphatic rings. The van der Waals surface area contributed by atoms with Crippen molar-refractivity contribution in [3.05, 3.63) is 12.4 Å². The number of sulfone groups is 1. The van der Waals surface area contributed by atoms with Crippen LogP contribution in [0.3, 0.4) is 0 Å². The summed E-state index contributed by atoms with van der Waals surface area (Å²) in [6.45, 7) is 0. The minimum Gasteiger partial charge on any atom is -0.352 e. The van der Waals surface area contributed by atoms with Crippen molar-refractivity contribution >= 4 is 15.8 Å². The van der Waals surface area contributed by atoms with Crippen LogP contribution in [0.15, 0.2) is 12.4 Å². The van der Waals surface area contributed by atoms with E-state index in [0.717, 1.165) is 5.95 Å². The van der Waals surface area contributed by atoms with Gasteiger partial charge in [0.05, 0.1) is 11.5 Å². The molecule has 0 radical (unpaired) electrons. The highest BCUT2D eigenvalue weighted by Crippen LogP contribution is 2.30. The molecule has 1 unspecified atom stereocenters. The van der Waals surface area contributed by atoms with E-state index in [1.54, 1.807) is 6.20 Å². The molecule has 2 heterocycles. The second-order valence-corrected chi connectivity index (χ2v) is 7.92. The third-order valence-electron chi connectivity index (χ3n) is 4.20. The maximum absolute atomic E-state index is 11.5. The van der Waals surface area contributed by atoms with Crippen LogP contribution in [0.4, 0.5) is 5.95 Å². The lowest BCUT2D eigenvalue weighted by Crippen LogP contribution is -2.24. The molecular weight excluding hydrogens is 262 g/mol. The second-order valence-electron chi connectivity index (χ2n) is 5.69. The zero-order valence-electron chi connectivity index (χ0n) is 11.1. The monoisotopic (exact) mass is 283 g/mol. The number of nitrogens with one attached hydrogen (secondary N) is 1. The van der Waals surface area contributed by atoms with Crippen LogP contribution in [0.2, 0.25) is 0 Å². The summed E-state index contributed by atoms with van der Waals surface area (Å²) in [7, 11) is -2.84. The molecule has 19 heavy (non-hydrogen) atoms. The van der Waals surface area contributed by atoms with Gasteiger partial charge in [0.25, 0.3) is 0 Å². The number of hydrogen-bond donors (Lipinski definition) is 1. The molecule has 1 aromatic rings. The maximum Gasteiger partial charge on any atom is 0.203 e. The second kappa shape index (κ2) is 5.15. The summed E-state index contributed by atoms with van der Waals surface area (Å²) >= 11 is 0. The molecule has 6 heteroatoms. The Morgan fingerprint density at radius 3 is 2.68 bits per heavy atom. The highest BCUT2D eigenvalue weighted by molar-refractivity contribution is 7.91. The summed E-state index contributed by atoms with van der Waals surface area (Å²) in [5.41, 5.74) is 0. The van der Waals surface area contributed by atoms with Gasteiger partial charge in [0.2, 0.25) is 5.95 Å². The minimum atomic E-state index is -2.84. The summed E-state index contributed by atoms with van der Waals surface area (Å²) in [4.78, 5) is 4.36. The molecule has 0 spiro atoms. The van der Waals surface area contributed by atoms with E-state index >= 15 is 0 Å². The van der Waals surface area contributed by atoms with Gasteiger partial charge in [-0.15, -0.1) is 0 Å². The first-order chi connectivity index (χ1) is 9.14. The standard InChI is InChI=1S/C13H21N3O2S/c17-19(18)9-6-11(10-19)15-13-14-7-8-16(13)12-4-2-1-3-5-12/h7-8,11-12H,1-6,9-10H2,(H,14,15). The van der Waals surface area contributed by atoms with Crippen LogP contribution in [0.5, 0.6) is 0 Å². The van der Waals surface area contributed by atoms with Crippen molar-refractivity contribution < 1.29 is 8.42 Å². The minimum absolute atomic E-state index is 0.0229.